The largest absolute Gasteiger partial charge is 0.480 e. The van der Waals surface area contributed by atoms with Crippen LogP contribution in [0.4, 0.5) is 0 Å². The number of carbonyl (C=O) groups excluding carboxylic acids is 1. The van der Waals surface area contributed by atoms with E-state index in [1.165, 1.54) is 25.7 Å². The smallest absolute Gasteiger partial charge is 0.326 e. The normalized spacial score (nSPS) is 12.2. The Kier molecular flexibility index (Phi) is 11.4. The van der Waals surface area contributed by atoms with Crippen LogP contribution in [0, 0.1) is 0 Å². The summed E-state index contributed by atoms with van der Waals surface area (Å²) >= 11 is 1.56. The van der Waals surface area contributed by atoms with Gasteiger partial charge in [0.1, 0.15) is 6.04 Å². The first-order valence-electron chi connectivity index (χ1n) is 9.91. The highest BCUT2D eigenvalue weighted by Crippen LogP contribution is 2.26. The number of rotatable bonds is 14. The van der Waals surface area contributed by atoms with Gasteiger partial charge in [0.15, 0.2) is 0 Å². The van der Waals surface area contributed by atoms with Gasteiger partial charge in [-0.1, -0.05) is 64.2 Å². The van der Waals surface area contributed by atoms with E-state index in [2.05, 4.69) is 18.8 Å². The van der Waals surface area contributed by atoms with Crippen molar-refractivity contribution in [2.75, 3.05) is 0 Å². The predicted octanol–water partition coefficient (Wildman–Crippen LogP) is 5.68. The first-order valence-corrected chi connectivity index (χ1v) is 10.8. The minimum atomic E-state index is -1.00. The summed E-state index contributed by atoms with van der Waals surface area (Å²) in [5.74, 6) is -1.18. The second-order valence-electron chi connectivity index (χ2n) is 6.78. The van der Waals surface area contributed by atoms with Crippen LogP contribution in [0.5, 0.6) is 0 Å². The van der Waals surface area contributed by atoms with Gasteiger partial charge in [-0.3, -0.25) is 4.79 Å². The lowest BCUT2D eigenvalue weighted by Crippen LogP contribution is -2.42. The first-order chi connectivity index (χ1) is 13.0. The van der Waals surface area contributed by atoms with Crippen LogP contribution in [0.15, 0.2) is 18.0 Å². The fourth-order valence-corrected chi connectivity index (χ4v) is 4.07. The van der Waals surface area contributed by atoms with E-state index >= 15 is 0 Å². The second kappa shape index (κ2) is 13.3. The molecule has 1 unspecified atom stereocenters. The zero-order valence-electron chi connectivity index (χ0n) is 16.6. The van der Waals surface area contributed by atoms with E-state index in [9.17, 15) is 14.7 Å². The van der Waals surface area contributed by atoms with Crippen LogP contribution in [0.3, 0.4) is 0 Å². The molecule has 0 saturated carbocycles. The molecule has 0 radical (unpaired) electrons. The maximum absolute atomic E-state index is 12.1. The monoisotopic (exact) mass is 391 g/mol. The summed E-state index contributed by atoms with van der Waals surface area (Å²) in [5.41, 5.74) is 1.86. The molecule has 0 aliphatic heterocycles. The number of carboxylic acid groups (broad SMARTS) is 1. The standard InChI is InChI=1S/C22H33NO3S/c1-4-7-8-9-10-11-12-14-21(24)23-19(22(25)26)15-17-16-27-20(13-5-2)18(17)6-3/h5-6,13,16,19H,3-4,7-12,14-15H2,1-2H3,(H,23,24)(H,25,26)/b13-5-. The van der Waals surface area contributed by atoms with Gasteiger partial charge < -0.3 is 10.4 Å². The van der Waals surface area contributed by atoms with E-state index in [-0.39, 0.29) is 12.3 Å². The molecule has 0 aliphatic rings. The summed E-state index contributed by atoms with van der Waals surface area (Å²) in [6, 6.07) is -0.909. The van der Waals surface area contributed by atoms with Crippen molar-refractivity contribution in [2.24, 2.45) is 0 Å². The lowest BCUT2D eigenvalue weighted by atomic mass is 10.0. The average molecular weight is 392 g/mol. The molecule has 0 saturated heterocycles. The highest BCUT2D eigenvalue weighted by molar-refractivity contribution is 7.11. The number of hydrogen-bond acceptors (Lipinski definition) is 3. The van der Waals surface area contributed by atoms with Crippen molar-refractivity contribution in [3.63, 3.8) is 0 Å². The summed E-state index contributed by atoms with van der Waals surface area (Å²) in [7, 11) is 0. The molecule has 0 aliphatic carbocycles. The van der Waals surface area contributed by atoms with Gasteiger partial charge in [0.2, 0.25) is 5.91 Å². The molecule has 1 amide bonds. The minimum Gasteiger partial charge on any atom is -0.480 e. The summed E-state index contributed by atoms with van der Waals surface area (Å²) in [4.78, 5) is 24.8. The number of unbranched alkanes of at least 4 members (excludes halogenated alkanes) is 6. The quantitative estimate of drug-likeness (QED) is 0.401. The molecular weight excluding hydrogens is 358 g/mol. The van der Waals surface area contributed by atoms with Crippen molar-refractivity contribution in [3.8, 4) is 0 Å². The lowest BCUT2D eigenvalue weighted by molar-refractivity contribution is -0.141. The van der Waals surface area contributed by atoms with Gasteiger partial charge in [0.25, 0.3) is 0 Å². The third-order valence-electron chi connectivity index (χ3n) is 4.53. The molecule has 0 bridgehead atoms. The van der Waals surface area contributed by atoms with Gasteiger partial charge in [-0.15, -0.1) is 11.3 Å². The molecule has 1 atom stereocenters. The third kappa shape index (κ3) is 8.57. The Morgan fingerprint density at radius 1 is 1.22 bits per heavy atom. The van der Waals surface area contributed by atoms with Crippen molar-refractivity contribution >= 4 is 35.4 Å². The number of carbonyl (C=O) groups is 2. The average Bonchev–Trinajstić information content (AvgIpc) is 3.02. The molecule has 150 valence electrons. The summed E-state index contributed by atoms with van der Waals surface area (Å²) in [6.07, 6.45) is 14.3. The van der Waals surface area contributed by atoms with Crippen molar-refractivity contribution in [2.45, 2.75) is 77.7 Å². The molecule has 1 rings (SSSR count). The van der Waals surface area contributed by atoms with Gasteiger partial charge in [-0.2, -0.15) is 0 Å². The molecule has 0 spiro atoms. The number of thiophene rings is 1. The molecular formula is C22H33NO3S. The van der Waals surface area contributed by atoms with Crippen molar-refractivity contribution in [1.29, 1.82) is 0 Å². The van der Waals surface area contributed by atoms with Gasteiger partial charge in [-0.25, -0.2) is 4.79 Å². The SMILES string of the molecule is C=Cc1c(CC(NC(=O)CCCCCCCCC)C(=O)O)csc1/C=C\C. The van der Waals surface area contributed by atoms with Gasteiger partial charge in [-0.05, 0) is 35.9 Å². The Labute approximate surface area is 167 Å². The minimum absolute atomic E-state index is 0.181. The van der Waals surface area contributed by atoms with Crippen LogP contribution < -0.4 is 5.32 Å². The van der Waals surface area contributed by atoms with Gasteiger partial charge >= 0.3 is 5.97 Å². The van der Waals surface area contributed by atoms with Crippen LogP contribution in [0.1, 0.15) is 81.2 Å². The van der Waals surface area contributed by atoms with E-state index in [1.54, 1.807) is 17.4 Å². The van der Waals surface area contributed by atoms with E-state index in [0.717, 1.165) is 35.3 Å². The zero-order chi connectivity index (χ0) is 20.1. The third-order valence-corrected chi connectivity index (χ3v) is 5.54. The molecule has 2 N–H and O–H groups in total. The Balaban J connectivity index is 2.51. The maximum atomic E-state index is 12.1. The van der Waals surface area contributed by atoms with Crippen LogP contribution in [-0.2, 0) is 16.0 Å². The fraction of sp³-hybridized carbons (Fsp3) is 0.545. The number of allylic oxidation sites excluding steroid dienone is 1. The molecule has 1 heterocycles. The summed E-state index contributed by atoms with van der Waals surface area (Å²) < 4.78 is 0. The topological polar surface area (TPSA) is 66.4 Å². The van der Waals surface area contributed by atoms with Crippen LogP contribution >= 0.6 is 11.3 Å². The van der Waals surface area contributed by atoms with Crippen molar-refractivity contribution in [3.05, 3.63) is 34.0 Å². The summed E-state index contributed by atoms with van der Waals surface area (Å²) in [5, 5.41) is 14.1. The second-order valence-corrected chi connectivity index (χ2v) is 7.69. The number of carboxylic acids is 1. The van der Waals surface area contributed by atoms with E-state index in [1.807, 2.05) is 24.5 Å². The lowest BCUT2D eigenvalue weighted by Gasteiger charge is -2.15. The first kappa shape index (κ1) is 23.2. The Morgan fingerprint density at radius 3 is 2.48 bits per heavy atom. The fourth-order valence-electron chi connectivity index (χ4n) is 3.02. The predicted molar refractivity (Wildman–Crippen MR) is 115 cm³/mol. The Morgan fingerprint density at radius 2 is 1.89 bits per heavy atom. The number of amides is 1. The highest BCUT2D eigenvalue weighted by atomic mass is 32.1. The Bertz CT molecular complexity index is 634. The number of hydrogen-bond donors (Lipinski definition) is 2. The molecule has 1 aromatic rings. The molecule has 1 aromatic heterocycles. The van der Waals surface area contributed by atoms with Crippen LogP contribution in [-0.4, -0.2) is 23.0 Å². The van der Waals surface area contributed by atoms with Crippen molar-refractivity contribution in [1.82, 2.24) is 5.32 Å². The molecule has 5 heteroatoms. The van der Waals surface area contributed by atoms with E-state index in [4.69, 9.17) is 0 Å². The Hall–Kier alpha value is -1.88. The molecule has 4 nitrogen and oxygen atoms in total. The number of aliphatic carboxylic acids is 1. The van der Waals surface area contributed by atoms with Crippen molar-refractivity contribution < 1.29 is 14.7 Å². The van der Waals surface area contributed by atoms with Gasteiger partial charge in [0, 0.05) is 17.7 Å². The van der Waals surface area contributed by atoms with E-state index < -0.39 is 12.0 Å². The zero-order valence-corrected chi connectivity index (χ0v) is 17.4. The summed E-state index contributed by atoms with van der Waals surface area (Å²) in [6.45, 7) is 7.97. The molecule has 0 aromatic carbocycles. The van der Waals surface area contributed by atoms with Crippen LogP contribution in [0.2, 0.25) is 0 Å². The van der Waals surface area contributed by atoms with Crippen LogP contribution in [0.25, 0.3) is 12.2 Å². The van der Waals surface area contributed by atoms with Gasteiger partial charge in [0.05, 0.1) is 0 Å². The molecule has 27 heavy (non-hydrogen) atoms. The van der Waals surface area contributed by atoms with E-state index in [0.29, 0.717) is 6.42 Å². The molecule has 0 fully saturated rings. The maximum Gasteiger partial charge on any atom is 0.326 e. The highest BCUT2D eigenvalue weighted by Gasteiger charge is 2.22. The number of nitrogens with one attached hydrogen (secondary N) is 1.